The third-order valence-corrected chi connectivity index (χ3v) is 5.10. The summed E-state index contributed by atoms with van der Waals surface area (Å²) in [5, 5.41) is 9.74. The molecule has 0 heterocycles. The summed E-state index contributed by atoms with van der Waals surface area (Å²) in [5.41, 5.74) is 0. The zero-order chi connectivity index (χ0) is 12.6. The van der Waals surface area contributed by atoms with Crippen LogP contribution in [0.25, 0.3) is 0 Å². The van der Waals surface area contributed by atoms with Crippen molar-refractivity contribution in [3.8, 4) is 0 Å². The molecule has 0 amide bonds. The van der Waals surface area contributed by atoms with Gasteiger partial charge in [-0.3, -0.25) is 0 Å². The molecule has 3 saturated carbocycles. The van der Waals surface area contributed by atoms with Crippen LogP contribution in [0, 0.1) is 18.3 Å². The number of hydrogen-bond donors (Lipinski definition) is 1. The van der Waals surface area contributed by atoms with E-state index in [1.54, 1.807) is 0 Å². The van der Waals surface area contributed by atoms with Crippen molar-refractivity contribution in [3.05, 3.63) is 6.42 Å². The number of aliphatic hydroxyl groups excluding tert-OH is 1. The van der Waals surface area contributed by atoms with E-state index in [0.29, 0.717) is 5.92 Å². The van der Waals surface area contributed by atoms with Crippen LogP contribution in [-0.2, 0) is 0 Å². The van der Waals surface area contributed by atoms with Crippen LogP contribution in [0.5, 0.6) is 0 Å². The molecule has 0 unspecified atom stereocenters. The molecule has 3 rings (SSSR count). The smallest absolute Gasteiger partial charge is 1.00 e. The van der Waals surface area contributed by atoms with Gasteiger partial charge in [0.2, 0.25) is 0 Å². The van der Waals surface area contributed by atoms with Crippen LogP contribution in [0.2, 0.25) is 0 Å². The predicted octanol–water partition coefficient (Wildman–Crippen LogP) is 1.51. The molecular formula is C17H31ClMgO. The summed E-state index contributed by atoms with van der Waals surface area (Å²) in [4.78, 5) is 0. The maximum atomic E-state index is 9.74. The molecule has 3 fully saturated rings. The van der Waals surface area contributed by atoms with E-state index in [1.807, 2.05) is 0 Å². The number of halogens is 1. The van der Waals surface area contributed by atoms with Crippen LogP contribution >= 0.6 is 0 Å². The number of hydrogen-bond acceptors (Lipinski definition) is 1. The molecule has 0 aromatic carbocycles. The molecule has 0 aromatic heterocycles. The van der Waals surface area contributed by atoms with Gasteiger partial charge in [-0.25, -0.2) is 0 Å². The second-order valence-corrected chi connectivity index (χ2v) is 6.49. The fourth-order valence-corrected chi connectivity index (χ4v) is 3.98. The summed E-state index contributed by atoms with van der Waals surface area (Å²) < 4.78 is 0. The summed E-state index contributed by atoms with van der Waals surface area (Å²) in [6.45, 7) is 0. The molecule has 1 N–H and O–H groups in total. The molecule has 1 nitrogen and oxygen atoms in total. The van der Waals surface area contributed by atoms with E-state index in [4.69, 9.17) is 0 Å². The molecule has 3 aliphatic carbocycles. The molecule has 2 atom stereocenters. The Balaban J connectivity index is 0.000000390. The second kappa shape index (κ2) is 12.5. The predicted molar refractivity (Wildman–Crippen MR) is 83.1 cm³/mol. The largest absolute Gasteiger partial charge is 2.00 e. The van der Waals surface area contributed by atoms with Crippen LogP contribution < -0.4 is 12.4 Å². The summed E-state index contributed by atoms with van der Waals surface area (Å²) in [6.07, 6.45) is 20.2. The van der Waals surface area contributed by atoms with Gasteiger partial charge in [0.25, 0.3) is 0 Å². The SMILES string of the molecule is O[C@@H]1CCC[C@H]1C1CCCCC1.[CH-]1CCCCC1.[Cl-].[Mg+2]. The van der Waals surface area contributed by atoms with Gasteiger partial charge in [0, 0.05) is 0 Å². The first-order valence-electron chi connectivity index (χ1n) is 8.37. The van der Waals surface area contributed by atoms with Gasteiger partial charge in [-0.15, -0.1) is 0 Å². The molecule has 0 saturated heterocycles. The topological polar surface area (TPSA) is 20.2 Å². The molecule has 3 heteroatoms. The molecule has 0 spiro atoms. The molecule has 0 aromatic rings. The van der Waals surface area contributed by atoms with Gasteiger partial charge < -0.3 is 23.9 Å². The van der Waals surface area contributed by atoms with Gasteiger partial charge in [-0.1, -0.05) is 57.8 Å². The third-order valence-electron chi connectivity index (χ3n) is 5.10. The van der Waals surface area contributed by atoms with E-state index >= 15 is 0 Å². The van der Waals surface area contributed by atoms with E-state index in [2.05, 4.69) is 6.42 Å². The van der Waals surface area contributed by atoms with Crippen molar-refractivity contribution in [2.75, 3.05) is 0 Å². The van der Waals surface area contributed by atoms with Crippen molar-refractivity contribution < 1.29 is 17.5 Å². The average Bonchev–Trinajstić information content (AvgIpc) is 2.89. The van der Waals surface area contributed by atoms with E-state index in [1.165, 1.54) is 77.0 Å². The van der Waals surface area contributed by atoms with Crippen LogP contribution in [0.4, 0.5) is 0 Å². The zero-order valence-electron chi connectivity index (χ0n) is 13.0. The normalized spacial score (nSPS) is 30.4. The third kappa shape index (κ3) is 7.33. The van der Waals surface area contributed by atoms with Crippen molar-refractivity contribution in [2.45, 2.75) is 89.6 Å². The molecule has 0 bridgehead atoms. The summed E-state index contributed by atoms with van der Waals surface area (Å²) >= 11 is 0. The van der Waals surface area contributed by atoms with Gasteiger partial charge in [0.05, 0.1) is 6.10 Å². The van der Waals surface area contributed by atoms with E-state index in [-0.39, 0.29) is 41.6 Å². The van der Waals surface area contributed by atoms with Gasteiger partial charge in [0.15, 0.2) is 0 Å². The van der Waals surface area contributed by atoms with Gasteiger partial charge >= 0.3 is 23.1 Å². The number of aliphatic hydroxyl groups is 1. The first kappa shape index (κ1) is 21.0. The Morgan fingerprint density at radius 1 is 0.700 bits per heavy atom. The molecule has 3 aliphatic rings. The van der Waals surface area contributed by atoms with Crippen molar-refractivity contribution in [1.82, 2.24) is 0 Å². The maximum Gasteiger partial charge on any atom is 2.00 e. The number of rotatable bonds is 1. The van der Waals surface area contributed by atoms with E-state index < -0.39 is 0 Å². The van der Waals surface area contributed by atoms with Gasteiger partial charge in [0.1, 0.15) is 0 Å². The minimum atomic E-state index is 0. The fraction of sp³-hybridized carbons (Fsp3) is 0.941. The summed E-state index contributed by atoms with van der Waals surface area (Å²) in [6, 6.07) is 0. The van der Waals surface area contributed by atoms with Crippen molar-refractivity contribution >= 4 is 23.1 Å². The molecule has 0 radical (unpaired) electrons. The quantitative estimate of drug-likeness (QED) is 0.575. The van der Waals surface area contributed by atoms with Crippen LogP contribution in [0.3, 0.4) is 0 Å². The Hall–Kier alpha value is 1.02. The van der Waals surface area contributed by atoms with Crippen molar-refractivity contribution in [3.63, 3.8) is 0 Å². The standard InChI is InChI=1S/C11H20O.C6H11.ClH.Mg/c12-11-8-4-7-10(11)9-5-2-1-3-6-9;1-2-4-6-5-3-1;;/h9-12H,1-8H2;1H,2-6H2;1H;/q;-1;;+2/p-1/t10-,11+;;;/m0.../s1. The first-order valence-corrected chi connectivity index (χ1v) is 8.37. The summed E-state index contributed by atoms with van der Waals surface area (Å²) in [7, 11) is 0. The Morgan fingerprint density at radius 2 is 1.30 bits per heavy atom. The fourth-order valence-electron chi connectivity index (χ4n) is 3.98. The average molecular weight is 311 g/mol. The molecule has 0 aliphatic heterocycles. The van der Waals surface area contributed by atoms with Crippen LogP contribution in [-0.4, -0.2) is 34.3 Å². The first-order chi connectivity index (χ1) is 8.88. The molecule has 20 heavy (non-hydrogen) atoms. The minimum Gasteiger partial charge on any atom is -1.00 e. The van der Waals surface area contributed by atoms with Crippen molar-refractivity contribution in [2.24, 2.45) is 11.8 Å². The van der Waals surface area contributed by atoms with Crippen LogP contribution in [0.1, 0.15) is 83.5 Å². The monoisotopic (exact) mass is 310 g/mol. The van der Waals surface area contributed by atoms with E-state index in [9.17, 15) is 5.11 Å². The van der Waals surface area contributed by atoms with Crippen LogP contribution in [0.15, 0.2) is 0 Å². The Bertz CT molecular complexity index is 204. The van der Waals surface area contributed by atoms with Crippen molar-refractivity contribution in [1.29, 1.82) is 0 Å². The zero-order valence-corrected chi connectivity index (χ0v) is 15.2. The maximum absolute atomic E-state index is 9.74. The molecular weight excluding hydrogens is 280 g/mol. The minimum absolute atomic E-state index is 0. The van der Waals surface area contributed by atoms with Gasteiger partial charge in [-0.05, 0) is 24.7 Å². The second-order valence-electron chi connectivity index (χ2n) is 6.49. The Labute approximate surface area is 148 Å². The van der Waals surface area contributed by atoms with Gasteiger partial charge in [-0.2, -0.15) is 12.8 Å². The summed E-state index contributed by atoms with van der Waals surface area (Å²) in [5.74, 6) is 1.54. The van der Waals surface area contributed by atoms with E-state index in [0.717, 1.165) is 12.3 Å². The molecule has 114 valence electrons. The Kier molecular flexibility index (Phi) is 13.2. The Morgan fingerprint density at radius 3 is 1.70 bits per heavy atom.